The molecule has 160 valence electrons. The van der Waals surface area contributed by atoms with Crippen molar-refractivity contribution >= 4 is 38.7 Å². The standard InChI is InChI=1S/C26H24N4O2/c1-16(2)24(26-27-19-11-5-6-12-20(19)28-26)29-23(31)15-30-21-13-7-3-9-17(21)25(32)18-10-4-8-14-22(18)30/h3-14,16,24H,15H2,1-2H3,(H,27,28)(H,29,31)/t24-/m0/s1. The van der Waals surface area contributed by atoms with E-state index in [-0.39, 0.29) is 29.8 Å². The molecular formula is C26H24N4O2. The lowest BCUT2D eigenvalue weighted by Gasteiger charge is -2.22. The molecule has 6 nitrogen and oxygen atoms in total. The van der Waals surface area contributed by atoms with Gasteiger partial charge < -0.3 is 14.9 Å². The minimum absolute atomic E-state index is 0.0183. The predicted molar refractivity (Wildman–Crippen MR) is 128 cm³/mol. The van der Waals surface area contributed by atoms with Crippen LogP contribution in [0, 0.1) is 5.92 Å². The van der Waals surface area contributed by atoms with E-state index in [1.165, 1.54) is 0 Å². The Morgan fingerprint density at radius 2 is 1.53 bits per heavy atom. The zero-order valence-electron chi connectivity index (χ0n) is 18.0. The van der Waals surface area contributed by atoms with Gasteiger partial charge in [-0.15, -0.1) is 0 Å². The number of hydrogen-bond acceptors (Lipinski definition) is 3. The summed E-state index contributed by atoms with van der Waals surface area (Å²) in [5.74, 6) is 0.745. The van der Waals surface area contributed by atoms with E-state index in [9.17, 15) is 9.59 Å². The maximum atomic E-state index is 13.2. The predicted octanol–water partition coefficient (Wildman–Crippen LogP) is 4.54. The van der Waals surface area contributed by atoms with Gasteiger partial charge in [-0.25, -0.2) is 4.98 Å². The molecule has 0 unspecified atom stereocenters. The molecule has 0 aliphatic rings. The summed E-state index contributed by atoms with van der Waals surface area (Å²) < 4.78 is 1.91. The van der Waals surface area contributed by atoms with E-state index < -0.39 is 0 Å². The Balaban J connectivity index is 1.52. The maximum Gasteiger partial charge on any atom is 0.240 e. The molecule has 0 radical (unpaired) electrons. The summed E-state index contributed by atoms with van der Waals surface area (Å²) in [6.07, 6.45) is 0. The lowest BCUT2D eigenvalue weighted by molar-refractivity contribution is -0.122. The van der Waals surface area contributed by atoms with E-state index in [0.29, 0.717) is 10.8 Å². The van der Waals surface area contributed by atoms with Crippen LogP contribution in [0.25, 0.3) is 32.8 Å². The number of carbonyl (C=O) groups is 1. The Morgan fingerprint density at radius 1 is 0.938 bits per heavy atom. The number of amides is 1. The number of rotatable bonds is 5. The molecule has 2 aromatic heterocycles. The van der Waals surface area contributed by atoms with Gasteiger partial charge in [-0.2, -0.15) is 0 Å². The minimum Gasteiger partial charge on any atom is -0.344 e. The second kappa shape index (κ2) is 7.96. The van der Waals surface area contributed by atoms with E-state index in [0.717, 1.165) is 27.9 Å². The van der Waals surface area contributed by atoms with Crippen molar-refractivity contribution in [1.82, 2.24) is 19.9 Å². The number of aromatic nitrogens is 3. The maximum absolute atomic E-state index is 13.2. The molecule has 6 heteroatoms. The van der Waals surface area contributed by atoms with Crippen LogP contribution in [0.5, 0.6) is 0 Å². The van der Waals surface area contributed by atoms with Crippen molar-refractivity contribution in [2.24, 2.45) is 5.92 Å². The van der Waals surface area contributed by atoms with Crippen LogP contribution in [0.15, 0.2) is 77.6 Å². The van der Waals surface area contributed by atoms with Crippen molar-refractivity contribution in [3.8, 4) is 0 Å². The van der Waals surface area contributed by atoms with Crippen molar-refractivity contribution in [2.45, 2.75) is 26.4 Å². The summed E-state index contributed by atoms with van der Waals surface area (Å²) in [5.41, 5.74) is 3.29. The van der Waals surface area contributed by atoms with Crippen molar-refractivity contribution in [2.75, 3.05) is 0 Å². The molecule has 5 rings (SSSR count). The molecule has 0 saturated heterocycles. The summed E-state index contributed by atoms with van der Waals surface area (Å²) in [6, 6.07) is 22.4. The number of pyridine rings is 1. The molecule has 1 amide bonds. The molecule has 3 aromatic carbocycles. The molecule has 2 heterocycles. The minimum atomic E-state index is -0.258. The number of H-pyrrole nitrogens is 1. The van der Waals surface area contributed by atoms with E-state index in [1.54, 1.807) is 0 Å². The summed E-state index contributed by atoms with van der Waals surface area (Å²) in [7, 11) is 0. The number of fused-ring (bicyclic) bond motifs is 3. The Hall–Kier alpha value is -3.93. The number of carbonyl (C=O) groups excluding carboxylic acids is 1. The Morgan fingerprint density at radius 3 is 2.16 bits per heavy atom. The summed E-state index contributed by atoms with van der Waals surface area (Å²) in [6.45, 7) is 4.22. The Kier molecular flexibility index (Phi) is 4.98. The summed E-state index contributed by atoms with van der Waals surface area (Å²) in [5, 5.41) is 4.37. The van der Waals surface area contributed by atoms with Gasteiger partial charge >= 0.3 is 0 Å². The number of hydrogen-bond donors (Lipinski definition) is 2. The first-order valence-corrected chi connectivity index (χ1v) is 10.8. The third kappa shape index (κ3) is 3.43. The normalized spacial score (nSPS) is 12.6. The quantitative estimate of drug-likeness (QED) is 0.407. The SMILES string of the molecule is CC(C)[C@H](NC(=O)Cn1c2ccccc2c(=O)c2ccccc21)c1nc2ccccc2[nH]1. The monoisotopic (exact) mass is 424 g/mol. The number of nitrogens with one attached hydrogen (secondary N) is 2. The lowest BCUT2D eigenvalue weighted by atomic mass is 10.0. The van der Waals surface area contributed by atoms with Crippen LogP contribution in [-0.2, 0) is 11.3 Å². The van der Waals surface area contributed by atoms with E-state index in [4.69, 9.17) is 0 Å². The van der Waals surface area contributed by atoms with Crippen molar-refractivity contribution in [1.29, 1.82) is 0 Å². The highest BCUT2D eigenvalue weighted by Crippen LogP contribution is 2.23. The average molecular weight is 425 g/mol. The van der Waals surface area contributed by atoms with E-state index in [1.807, 2.05) is 77.4 Å². The smallest absolute Gasteiger partial charge is 0.240 e. The van der Waals surface area contributed by atoms with Gasteiger partial charge in [-0.05, 0) is 42.3 Å². The lowest BCUT2D eigenvalue weighted by Crippen LogP contribution is -2.35. The average Bonchev–Trinajstić information content (AvgIpc) is 3.24. The van der Waals surface area contributed by atoms with Crippen LogP contribution in [0.3, 0.4) is 0 Å². The number of benzene rings is 3. The van der Waals surface area contributed by atoms with Crippen molar-refractivity contribution < 1.29 is 4.79 Å². The van der Waals surface area contributed by atoms with Crippen molar-refractivity contribution in [3.63, 3.8) is 0 Å². The molecule has 0 aliphatic heterocycles. The first-order chi connectivity index (χ1) is 15.5. The van der Waals surface area contributed by atoms with Gasteiger partial charge in [-0.3, -0.25) is 9.59 Å². The molecule has 2 N–H and O–H groups in total. The highest BCUT2D eigenvalue weighted by molar-refractivity contribution is 5.94. The number of para-hydroxylation sites is 4. The zero-order valence-corrected chi connectivity index (χ0v) is 18.0. The molecule has 0 saturated carbocycles. The second-order valence-corrected chi connectivity index (χ2v) is 8.38. The Labute approximate surface area is 184 Å². The van der Waals surface area contributed by atoms with Gasteiger partial charge in [0.2, 0.25) is 5.91 Å². The first kappa shape index (κ1) is 20.0. The fourth-order valence-corrected chi connectivity index (χ4v) is 4.28. The zero-order chi connectivity index (χ0) is 22.2. The van der Waals surface area contributed by atoms with E-state index in [2.05, 4.69) is 29.1 Å². The molecule has 5 aromatic rings. The van der Waals surface area contributed by atoms with Gasteiger partial charge in [-0.1, -0.05) is 50.2 Å². The molecule has 0 bridgehead atoms. The third-order valence-electron chi connectivity index (χ3n) is 5.87. The summed E-state index contributed by atoms with van der Waals surface area (Å²) >= 11 is 0. The van der Waals surface area contributed by atoms with Crippen LogP contribution in [-0.4, -0.2) is 20.4 Å². The van der Waals surface area contributed by atoms with Crippen molar-refractivity contribution in [3.05, 3.63) is 88.8 Å². The molecule has 0 fully saturated rings. The number of imidazole rings is 1. The van der Waals surface area contributed by atoms with Crippen LogP contribution >= 0.6 is 0 Å². The third-order valence-corrected chi connectivity index (χ3v) is 5.87. The van der Waals surface area contributed by atoms with Crippen LogP contribution < -0.4 is 10.7 Å². The first-order valence-electron chi connectivity index (χ1n) is 10.8. The summed E-state index contributed by atoms with van der Waals surface area (Å²) in [4.78, 5) is 34.2. The molecule has 0 spiro atoms. The molecule has 1 atom stereocenters. The Bertz CT molecular complexity index is 1420. The van der Waals surface area contributed by atoms with Gasteiger partial charge in [0.15, 0.2) is 5.43 Å². The van der Waals surface area contributed by atoms with Gasteiger partial charge in [0, 0.05) is 10.8 Å². The second-order valence-electron chi connectivity index (χ2n) is 8.38. The highest BCUT2D eigenvalue weighted by Gasteiger charge is 2.22. The van der Waals surface area contributed by atoms with Gasteiger partial charge in [0.1, 0.15) is 12.4 Å². The van der Waals surface area contributed by atoms with Gasteiger partial charge in [0.25, 0.3) is 0 Å². The van der Waals surface area contributed by atoms with Crippen LogP contribution in [0.4, 0.5) is 0 Å². The fourth-order valence-electron chi connectivity index (χ4n) is 4.28. The number of aromatic amines is 1. The molecule has 32 heavy (non-hydrogen) atoms. The number of nitrogens with zero attached hydrogens (tertiary/aromatic N) is 2. The topological polar surface area (TPSA) is 79.8 Å². The molecular weight excluding hydrogens is 400 g/mol. The largest absolute Gasteiger partial charge is 0.344 e. The van der Waals surface area contributed by atoms with E-state index >= 15 is 0 Å². The molecule has 0 aliphatic carbocycles. The fraction of sp³-hybridized carbons (Fsp3) is 0.192. The highest BCUT2D eigenvalue weighted by atomic mass is 16.2. The van der Waals surface area contributed by atoms with Gasteiger partial charge in [0.05, 0.1) is 28.1 Å². The van der Waals surface area contributed by atoms with Crippen LogP contribution in [0.2, 0.25) is 0 Å². The van der Waals surface area contributed by atoms with Crippen LogP contribution in [0.1, 0.15) is 25.7 Å².